The van der Waals surface area contributed by atoms with Crippen LogP contribution in [0.5, 0.6) is 0 Å². The highest BCUT2D eigenvalue weighted by Crippen LogP contribution is 2.70. The Morgan fingerprint density at radius 1 is 0.871 bits per heavy atom. The molecule has 0 saturated heterocycles. The lowest BCUT2D eigenvalue weighted by atomic mass is 9.41. The molecule has 0 amide bonds. The smallest absolute Gasteiger partial charge is 0.0630 e. The Balaban J connectivity index is 1.51. The predicted molar refractivity (Wildman–Crippen MR) is 131 cm³/mol. The van der Waals surface area contributed by atoms with E-state index in [1.54, 1.807) is 0 Å². The van der Waals surface area contributed by atoms with Crippen LogP contribution in [0, 0.1) is 57.7 Å². The second-order valence-corrected chi connectivity index (χ2v) is 13.8. The van der Waals surface area contributed by atoms with Gasteiger partial charge in [-0.3, -0.25) is 0 Å². The van der Waals surface area contributed by atoms with Gasteiger partial charge in [0.15, 0.2) is 0 Å². The number of oxime groups is 1. The van der Waals surface area contributed by atoms with E-state index in [4.69, 9.17) is 0 Å². The monoisotopic (exact) mass is 429 g/mol. The molecule has 4 fully saturated rings. The SMILES string of the molecule is CC(C)CCCC(C)C1CCC2C3CCC4C(C)(C)C(=NO)CCC4(C)C3CCC12C. The first-order chi connectivity index (χ1) is 14.6. The lowest BCUT2D eigenvalue weighted by Crippen LogP contribution is -2.58. The van der Waals surface area contributed by atoms with Crippen molar-refractivity contribution in [3.8, 4) is 0 Å². The standard InChI is InChI=1S/C29H51NO/c1-19(2)9-8-10-20(3)22-12-13-23-21-11-14-25-27(4,5)26(30-31)16-18-29(25,7)24(21)15-17-28(22,23)6/h19-25,31H,8-18H2,1-7H3. The van der Waals surface area contributed by atoms with Gasteiger partial charge in [-0.1, -0.05) is 72.9 Å². The van der Waals surface area contributed by atoms with E-state index >= 15 is 0 Å². The maximum Gasteiger partial charge on any atom is 0.0630 e. The Hall–Kier alpha value is -0.530. The molecule has 0 spiro atoms. The summed E-state index contributed by atoms with van der Waals surface area (Å²) in [6, 6.07) is 0. The van der Waals surface area contributed by atoms with Crippen LogP contribution in [-0.2, 0) is 0 Å². The molecule has 4 aliphatic carbocycles. The van der Waals surface area contributed by atoms with Crippen LogP contribution in [-0.4, -0.2) is 10.9 Å². The van der Waals surface area contributed by atoms with Crippen LogP contribution in [0.15, 0.2) is 5.16 Å². The highest BCUT2D eigenvalue weighted by atomic mass is 16.4. The fourth-order valence-corrected chi connectivity index (χ4v) is 10.1. The molecular weight excluding hydrogens is 378 g/mol. The van der Waals surface area contributed by atoms with Crippen molar-refractivity contribution in [1.82, 2.24) is 0 Å². The van der Waals surface area contributed by atoms with Crippen LogP contribution >= 0.6 is 0 Å². The lowest BCUT2D eigenvalue weighted by Gasteiger charge is -2.64. The molecule has 31 heavy (non-hydrogen) atoms. The maximum absolute atomic E-state index is 9.65. The Labute approximate surface area is 193 Å². The predicted octanol–water partition coefficient (Wildman–Crippen LogP) is 8.57. The molecule has 0 bridgehead atoms. The summed E-state index contributed by atoms with van der Waals surface area (Å²) in [5, 5.41) is 13.4. The van der Waals surface area contributed by atoms with Crippen molar-refractivity contribution in [1.29, 1.82) is 0 Å². The summed E-state index contributed by atoms with van der Waals surface area (Å²) in [6.45, 7) is 17.4. The van der Waals surface area contributed by atoms with E-state index in [9.17, 15) is 5.21 Å². The second kappa shape index (κ2) is 8.35. The number of rotatable bonds is 5. The Morgan fingerprint density at radius 3 is 2.26 bits per heavy atom. The first kappa shape index (κ1) is 23.6. The van der Waals surface area contributed by atoms with Gasteiger partial charge >= 0.3 is 0 Å². The van der Waals surface area contributed by atoms with Gasteiger partial charge in [-0.15, -0.1) is 0 Å². The van der Waals surface area contributed by atoms with Crippen LogP contribution in [0.25, 0.3) is 0 Å². The summed E-state index contributed by atoms with van der Waals surface area (Å²) in [5.74, 6) is 6.16. The summed E-state index contributed by atoms with van der Waals surface area (Å²) < 4.78 is 0. The van der Waals surface area contributed by atoms with Crippen molar-refractivity contribution >= 4 is 5.71 Å². The Bertz CT molecular complexity index is 680. The van der Waals surface area contributed by atoms with Gasteiger partial charge in [0.1, 0.15) is 0 Å². The van der Waals surface area contributed by atoms with Crippen molar-refractivity contribution in [2.45, 2.75) is 119 Å². The average Bonchev–Trinajstić information content (AvgIpc) is 3.04. The van der Waals surface area contributed by atoms with Gasteiger partial charge in [0, 0.05) is 5.41 Å². The molecule has 0 aromatic rings. The van der Waals surface area contributed by atoms with Crippen molar-refractivity contribution in [2.24, 2.45) is 62.8 Å². The summed E-state index contributed by atoms with van der Waals surface area (Å²) in [5.41, 5.74) is 2.13. The zero-order chi connectivity index (χ0) is 22.6. The molecular formula is C29H51NO. The average molecular weight is 430 g/mol. The van der Waals surface area contributed by atoms with E-state index in [1.807, 2.05) is 0 Å². The highest BCUT2D eigenvalue weighted by Gasteiger charge is 2.63. The molecule has 1 N–H and O–H groups in total. The molecule has 0 aliphatic heterocycles. The minimum Gasteiger partial charge on any atom is -0.411 e. The Morgan fingerprint density at radius 2 is 1.58 bits per heavy atom. The van der Waals surface area contributed by atoms with E-state index in [1.165, 1.54) is 64.2 Å². The lowest BCUT2D eigenvalue weighted by molar-refractivity contribution is -0.126. The molecule has 178 valence electrons. The van der Waals surface area contributed by atoms with E-state index in [0.717, 1.165) is 47.6 Å². The normalized spacial score (nSPS) is 46.5. The summed E-state index contributed by atoms with van der Waals surface area (Å²) >= 11 is 0. The van der Waals surface area contributed by atoms with E-state index < -0.39 is 0 Å². The van der Waals surface area contributed by atoms with Crippen molar-refractivity contribution < 1.29 is 5.21 Å². The third-order valence-corrected chi connectivity index (χ3v) is 11.7. The number of fused-ring (bicyclic) bond motifs is 5. The van der Waals surface area contributed by atoms with Crippen molar-refractivity contribution in [3.63, 3.8) is 0 Å². The molecule has 4 rings (SSSR count). The fraction of sp³-hybridized carbons (Fsp3) is 0.966. The molecule has 8 atom stereocenters. The van der Waals surface area contributed by atoms with Crippen LogP contribution in [0.1, 0.15) is 119 Å². The minimum absolute atomic E-state index is 0.0522. The molecule has 0 radical (unpaired) electrons. The molecule has 4 saturated carbocycles. The minimum atomic E-state index is 0.0522. The Kier molecular flexibility index (Phi) is 6.37. The van der Waals surface area contributed by atoms with Crippen LogP contribution < -0.4 is 0 Å². The van der Waals surface area contributed by atoms with Gasteiger partial charge < -0.3 is 5.21 Å². The second-order valence-electron chi connectivity index (χ2n) is 13.8. The first-order valence-electron chi connectivity index (χ1n) is 13.8. The fourth-order valence-electron chi connectivity index (χ4n) is 10.1. The van der Waals surface area contributed by atoms with Crippen LogP contribution in [0.2, 0.25) is 0 Å². The zero-order valence-electron chi connectivity index (χ0n) is 21.7. The molecule has 0 heterocycles. The summed E-state index contributed by atoms with van der Waals surface area (Å²) in [7, 11) is 0. The highest BCUT2D eigenvalue weighted by molar-refractivity contribution is 5.90. The largest absolute Gasteiger partial charge is 0.411 e. The van der Waals surface area contributed by atoms with Gasteiger partial charge in [-0.2, -0.15) is 0 Å². The van der Waals surface area contributed by atoms with Gasteiger partial charge in [0.05, 0.1) is 5.71 Å². The third-order valence-electron chi connectivity index (χ3n) is 11.7. The molecule has 0 aromatic carbocycles. The van der Waals surface area contributed by atoms with Gasteiger partial charge in [0.2, 0.25) is 0 Å². The molecule has 4 aliphatic rings. The molecule has 2 heteroatoms. The quantitative estimate of drug-likeness (QED) is 0.344. The van der Waals surface area contributed by atoms with Crippen LogP contribution in [0.3, 0.4) is 0 Å². The maximum atomic E-state index is 9.65. The van der Waals surface area contributed by atoms with Crippen molar-refractivity contribution in [3.05, 3.63) is 0 Å². The third kappa shape index (κ3) is 3.71. The number of nitrogens with zero attached hydrogens (tertiary/aromatic N) is 1. The van der Waals surface area contributed by atoms with Crippen LogP contribution in [0.4, 0.5) is 0 Å². The van der Waals surface area contributed by atoms with E-state index in [-0.39, 0.29) is 5.41 Å². The topological polar surface area (TPSA) is 32.6 Å². The molecule has 0 aromatic heterocycles. The van der Waals surface area contributed by atoms with Gasteiger partial charge in [0.25, 0.3) is 0 Å². The summed E-state index contributed by atoms with van der Waals surface area (Å²) in [6.07, 6.45) is 15.1. The zero-order valence-corrected chi connectivity index (χ0v) is 21.7. The first-order valence-corrected chi connectivity index (χ1v) is 13.8. The van der Waals surface area contributed by atoms with Gasteiger partial charge in [-0.25, -0.2) is 0 Å². The van der Waals surface area contributed by atoms with Gasteiger partial charge in [-0.05, 0) is 104 Å². The number of hydrogen-bond acceptors (Lipinski definition) is 2. The number of hydrogen-bond donors (Lipinski definition) is 1. The van der Waals surface area contributed by atoms with E-state index in [0.29, 0.717) is 16.7 Å². The molecule has 2 nitrogen and oxygen atoms in total. The molecule has 8 unspecified atom stereocenters. The summed E-state index contributed by atoms with van der Waals surface area (Å²) in [4.78, 5) is 0. The van der Waals surface area contributed by atoms with Crippen molar-refractivity contribution in [2.75, 3.05) is 0 Å². The van der Waals surface area contributed by atoms with E-state index in [2.05, 4.69) is 53.6 Å².